The molecule has 0 atom stereocenters. The van der Waals surface area contributed by atoms with Crippen molar-refractivity contribution in [2.24, 2.45) is 5.73 Å². The first-order chi connectivity index (χ1) is 13.5. The maximum absolute atomic E-state index is 11.9. The number of hydrogen-bond acceptors (Lipinski definition) is 5. The number of nitrogens with one attached hydrogen (secondary N) is 3. The summed E-state index contributed by atoms with van der Waals surface area (Å²) in [5.74, 6) is -1.22. The second-order valence-electron chi connectivity index (χ2n) is 5.75. The Morgan fingerprint density at radius 1 is 1.07 bits per heavy atom. The molecule has 0 fully saturated rings. The van der Waals surface area contributed by atoms with Crippen molar-refractivity contribution in [3.05, 3.63) is 77.4 Å². The van der Waals surface area contributed by atoms with Gasteiger partial charge in [-0.05, 0) is 36.8 Å². The van der Waals surface area contributed by atoms with Gasteiger partial charge < -0.3 is 21.4 Å². The SMILES string of the molecule is CNc1ccc(NC(=O)c2[nH]cnc2C(N)=O)cc1.Cc1ccccc1C=O. The van der Waals surface area contributed by atoms with Crippen molar-refractivity contribution >= 4 is 29.5 Å². The van der Waals surface area contributed by atoms with Crippen LogP contribution in [0.5, 0.6) is 0 Å². The van der Waals surface area contributed by atoms with E-state index < -0.39 is 11.8 Å². The molecule has 0 bridgehead atoms. The number of aryl methyl sites for hydroxylation is 1. The summed E-state index contributed by atoms with van der Waals surface area (Å²) in [4.78, 5) is 39.5. The van der Waals surface area contributed by atoms with Gasteiger partial charge in [-0.3, -0.25) is 14.4 Å². The van der Waals surface area contributed by atoms with Gasteiger partial charge in [0, 0.05) is 24.0 Å². The van der Waals surface area contributed by atoms with Crippen LogP contribution in [0.15, 0.2) is 54.9 Å². The van der Waals surface area contributed by atoms with Crippen LogP contribution in [0.3, 0.4) is 0 Å². The highest BCUT2D eigenvalue weighted by molar-refractivity contribution is 6.09. The van der Waals surface area contributed by atoms with E-state index in [9.17, 15) is 14.4 Å². The average Bonchev–Trinajstić information content (AvgIpc) is 3.20. The molecule has 3 rings (SSSR count). The van der Waals surface area contributed by atoms with Crippen LogP contribution in [0.25, 0.3) is 0 Å². The lowest BCUT2D eigenvalue weighted by atomic mass is 10.1. The first kappa shape index (κ1) is 20.4. The van der Waals surface area contributed by atoms with Crippen LogP contribution in [0.1, 0.15) is 36.9 Å². The van der Waals surface area contributed by atoms with E-state index >= 15 is 0 Å². The Morgan fingerprint density at radius 2 is 1.71 bits per heavy atom. The quantitative estimate of drug-likeness (QED) is 0.506. The van der Waals surface area contributed by atoms with Crippen molar-refractivity contribution < 1.29 is 14.4 Å². The van der Waals surface area contributed by atoms with Gasteiger partial charge in [-0.25, -0.2) is 4.98 Å². The maximum Gasteiger partial charge on any atom is 0.274 e. The van der Waals surface area contributed by atoms with Gasteiger partial charge in [0.05, 0.1) is 6.33 Å². The molecule has 2 aromatic carbocycles. The van der Waals surface area contributed by atoms with Gasteiger partial charge in [0.2, 0.25) is 0 Å². The number of hydrogen-bond donors (Lipinski definition) is 4. The average molecular weight is 379 g/mol. The number of aldehydes is 1. The van der Waals surface area contributed by atoms with Gasteiger partial charge in [0.1, 0.15) is 12.0 Å². The van der Waals surface area contributed by atoms with Crippen LogP contribution >= 0.6 is 0 Å². The van der Waals surface area contributed by atoms with E-state index in [-0.39, 0.29) is 11.4 Å². The van der Waals surface area contributed by atoms with E-state index in [1.807, 2.05) is 43.3 Å². The van der Waals surface area contributed by atoms with Gasteiger partial charge in [0.15, 0.2) is 5.69 Å². The molecule has 0 aliphatic heterocycles. The summed E-state index contributed by atoms with van der Waals surface area (Å²) in [6.07, 6.45) is 2.12. The number of aromatic amines is 1. The van der Waals surface area contributed by atoms with Crippen LogP contribution in [-0.2, 0) is 0 Å². The molecule has 0 radical (unpaired) electrons. The lowest BCUT2D eigenvalue weighted by Crippen LogP contribution is -2.20. The smallest absolute Gasteiger partial charge is 0.274 e. The molecule has 28 heavy (non-hydrogen) atoms. The summed E-state index contributed by atoms with van der Waals surface area (Å²) in [7, 11) is 1.80. The van der Waals surface area contributed by atoms with Crippen molar-refractivity contribution in [2.75, 3.05) is 17.7 Å². The Bertz CT molecular complexity index is 964. The van der Waals surface area contributed by atoms with Gasteiger partial charge in [-0.1, -0.05) is 24.3 Å². The zero-order chi connectivity index (χ0) is 20.5. The zero-order valence-electron chi connectivity index (χ0n) is 15.5. The zero-order valence-corrected chi connectivity index (χ0v) is 15.5. The molecule has 2 amide bonds. The van der Waals surface area contributed by atoms with Crippen LogP contribution in [0.2, 0.25) is 0 Å². The molecule has 8 heteroatoms. The van der Waals surface area contributed by atoms with Crippen molar-refractivity contribution in [2.45, 2.75) is 6.92 Å². The number of benzene rings is 2. The van der Waals surface area contributed by atoms with E-state index in [0.717, 1.165) is 23.1 Å². The topological polar surface area (TPSA) is 130 Å². The van der Waals surface area contributed by atoms with Crippen molar-refractivity contribution in [3.63, 3.8) is 0 Å². The lowest BCUT2D eigenvalue weighted by molar-refractivity contribution is 0.0972. The highest BCUT2D eigenvalue weighted by atomic mass is 16.2. The number of nitrogens with two attached hydrogens (primary N) is 1. The molecule has 3 aromatic rings. The highest BCUT2D eigenvalue weighted by Crippen LogP contribution is 2.14. The van der Waals surface area contributed by atoms with Crippen molar-refractivity contribution in [1.82, 2.24) is 9.97 Å². The fourth-order valence-corrected chi connectivity index (χ4v) is 2.29. The number of anilines is 2. The summed E-state index contributed by atoms with van der Waals surface area (Å²) >= 11 is 0. The van der Waals surface area contributed by atoms with Crippen molar-refractivity contribution in [1.29, 1.82) is 0 Å². The largest absolute Gasteiger partial charge is 0.388 e. The van der Waals surface area contributed by atoms with E-state index in [2.05, 4.69) is 20.6 Å². The number of nitrogens with zero attached hydrogens (tertiary/aromatic N) is 1. The van der Waals surface area contributed by atoms with Gasteiger partial charge in [-0.15, -0.1) is 0 Å². The molecule has 0 aliphatic rings. The maximum atomic E-state index is 11.9. The second-order valence-corrected chi connectivity index (χ2v) is 5.75. The van der Waals surface area contributed by atoms with E-state index in [1.165, 1.54) is 6.33 Å². The molecule has 0 spiro atoms. The molecule has 1 heterocycles. The monoisotopic (exact) mass is 379 g/mol. The predicted molar refractivity (Wildman–Crippen MR) is 108 cm³/mol. The minimum absolute atomic E-state index is 0.0465. The number of carbonyl (C=O) groups is 3. The standard InChI is InChI=1S/C12H13N5O2.C8H8O/c1-14-7-2-4-8(5-3-7)17-12(19)10-9(11(13)18)15-6-16-10;1-7-4-2-3-5-8(7)6-9/h2-6,14H,1H3,(H2,13,18)(H,15,16)(H,17,19);2-6H,1H3. The second kappa shape index (κ2) is 9.67. The van der Waals surface area contributed by atoms with Crippen LogP contribution in [-0.4, -0.2) is 35.1 Å². The Kier molecular flexibility index (Phi) is 7.04. The summed E-state index contributed by atoms with van der Waals surface area (Å²) < 4.78 is 0. The molecule has 5 N–H and O–H groups in total. The fourth-order valence-electron chi connectivity index (χ4n) is 2.29. The molecular formula is C20H21N5O3. The van der Waals surface area contributed by atoms with E-state index in [4.69, 9.17) is 5.73 Å². The molecular weight excluding hydrogens is 358 g/mol. The normalized spacial score (nSPS) is 9.64. The molecule has 0 saturated heterocycles. The first-order valence-electron chi connectivity index (χ1n) is 8.39. The van der Waals surface area contributed by atoms with Crippen molar-refractivity contribution in [3.8, 4) is 0 Å². The van der Waals surface area contributed by atoms with Gasteiger partial charge in [-0.2, -0.15) is 0 Å². The number of amides is 2. The van der Waals surface area contributed by atoms with Crippen LogP contribution in [0, 0.1) is 6.92 Å². The number of primary amides is 1. The number of H-pyrrole nitrogens is 1. The molecule has 8 nitrogen and oxygen atoms in total. The lowest BCUT2D eigenvalue weighted by Gasteiger charge is -2.05. The molecule has 0 aliphatic carbocycles. The summed E-state index contributed by atoms with van der Waals surface area (Å²) in [5, 5.41) is 5.61. The third-order valence-corrected chi connectivity index (χ3v) is 3.85. The number of imidazole rings is 1. The molecule has 0 saturated carbocycles. The summed E-state index contributed by atoms with van der Waals surface area (Å²) in [6.45, 7) is 1.92. The van der Waals surface area contributed by atoms with Crippen LogP contribution < -0.4 is 16.4 Å². The molecule has 144 valence electrons. The van der Waals surface area contributed by atoms with Gasteiger partial charge in [0.25, 0.3) is 11.8 Å². The third kappa shape index (κ3) is 5.28. The number of carbonyl (C=O) groups excluding carboxylic acids is 3. The van der Waals surface area contributed by atoms with Gasteiger partial charge >= 0.3 is 0 Å². The Labute approximate surface area is 162 Å². The highest BCUT2D eigenvalue weighted by Gasteiger charge is 2.18. The van der Waals surface area contributed by atoms with Crippen LogP contribution in [0.4, 0.5) is 11.4 Å². The first-order valence-corrected chi connectivity index (χ1v) is 8.39. The van der Waals surface area contributed by atoms with E-state index in [0.29, 0.717) is 5.69 Å². The number of aromatic nitrogens is 2. The molecule has 0 unspecified atom stereocenters. The fraction of sp³-hybridized carbons (Fsp3) is 0.100. The third-order valence-electron chi connectivity index (χ3n) is 3.85. The Morgan fingerprint density at radius 3 is 2.25 bits per heavy atom. The Hall–Kier alpha value is -3.94. The summed E-state index contributed by atoms with van der Waals surface area (Å²) in [6, 6.07) is 14.6. The molecule has 1 aromatic heterocycles. The Balaban J connectivity index is 0.000000261. The van der Waals surface area contributed by atoms with E-state index in [1.54, 1.807) is 19.2 Å². The minimum atomic E-state index is -0.753. The minimum Gasteiger partial charge on any atom is -0.388 e. The summed E-state index contributed by atoms with van der Waals surface area (Å²) in [5.41, 5.74) is 8.43. The predicted octanol–water partition coefficient (Wildman–Crippen LogP) is 2.61. The number of rotatable bonds is 5.